The van der Waals surface area contributed by atoms with Crippen LogP contribution in [-0.4, -0.2) is 5.11 Å². The van der Waals surface area contributed by atoms with Gasteiger partial charge in [-0.05, 0) is 43.2 Å². The van der Waals surface area contributed by atoms with Crippen LogP contribution in [-0.2, 0) is 11.0 Å². The summed E-state index contributed by atoms with van der Waals surface area (Å²) in [6.45, 7) is 7.99. The first kappa shape index (κ1) is 18.1. The Kier molecular flexibility index (Phi) is 4.10. The Morgan fingerprint density at radius 1 is 0.889 bits per heavy atom. The van der Waals surface area contributed by atoms with Crippen LogP contribution in [0.15, 0.2) is 60.7 Å². The van der Waals surface area contributed by atoms with E-state index in [4.69, 9.17) is 16.3 Å². The molecule has 4 rings (SSSR count). The number of rotatable bonds is 2. The molecule has 1 heterocycles. The van der Waals surface area contributed by atoms with Crippen molar-refractivity contribution in [2.75, 3.05) is 0 Å². The Balaban J connectivity index is 1.99. The van der Waals surface area contributed by atoms with Crippen molar-refractivity contribution in [2.45, 2.75) is 38.7 Å². The summed E-state index contributed by atoms with van der Waals surface area (Å²) < 4.78 is 6.38. The van der Waals surface area contributed by atoms with Crippen molar-refractivity contribution >= 4 is 11.6 Å². The Hall–Kier alpha value is -2.29. The molecule has 0 aromatic heterocycles. The van der Waals surface area contributed by atoms with Crippen molar-refractivity contribution in [1.29, 1.82) is 0 Å². The molecular weight excluding hydrogens is 356 g/mol. The van der Waals surface area contributed by atoms with Crippen molar-refractivity contribution in [3.63, 3.8) is 0 Å². The number of hydrogen-bond acceptors (Lipinski definition) is 2. The molecule has 1 N–H and O–H groups in total. The molecule has 0 spiro atoms. The third kappa shape index (κ3) is 2.93. The van der Waals surface area contributed by atoms with Gasteiger partial charge < -0.3 is 9.84 Å². The number of ether oxygens (including phenoxy) is 1. The lowest BCUT2D eigenvalue weighted by molar-refractivity contribution is 0.0792. The first-order valence-corrected chi connectivity index (χ1v) is 9.51. The van der Waals surface area contributed by atoms with Crippen LogP contribution in [0.25, 0.3) is 11.1 Å². The molecule has 0 bridgehead atoms. The summed E-state index contributed by atoms with van der Waals surface area (Å²) in [4.78, 5) is 0. The lowest BCUT2D eigenvalue weighted by atomic mass is 9.74. The van der Waals surface area contributed by atoms with Crippen molar-refractivity contribution in [3.8, 4) is 22.6 Å². The van der Waals surface area contributed by atoms with Crippen molar-refractivity contribution in [3.05, 3.63) is 82.4 Å². The van der Waals surface area contributed by atoms with E-state index in [1.165, 1.54) is 5.56 Å². The molecule has 0 unspecified atom stereocenters. The van der Waals surface area contributed by atoms with Gasteiger partial charge in [-0.25, -0.2) is 0 Å². The Morgan fingerprint density at radius 2 is 1.59 bits per heavy atom. The average molecular weight is 379 g/mol. The Morgan fingerprint density at radius 3 is 2.33 bits per heavy atom. The molecule has 27 heavy (non-hydrogen) atoms. The highest BCUT2D eigenvalue weighted by Crippen LogP contribution is 2.51. The molecule has 0 atom stereocenters. The minimum atomic E-state index is -1.02. The van der Waals surface area contributed by atoms with Crippen LogP contribution in [0.5, 0.6) is 11.5 Å². The van der Waals surface area contributed by atoms with E-state index in [0.29, 0.717) is 5.02 Å². The third-order valence-corrected chi connectivity index (χ3v) is 5.63. The van der Waals surface area contributed by atoms with Crippen LogP contribution in [0.4, 0.5) is 0 Å². The van der Waals surface area contributed by atoms with E-state index in [1.807, 2.05) is 42.5 Å². The Bertz CT molecular complexity index is 1030. The highest BCUT2D eigenvalue weighted by Gasteiger charge is 2.36. The number of fused-ring (bicyclic) bond motifs is 2. The van der Waals surface area contributed by atoms with Gasteiger partial charge in [0.05, 0.1) is 5.60 Å². The molecule has 138 valence electrons. The van der Waals surface area contributed by atoms with E-state index in [9.17, 15) is 5.11 Å². The Labute approximate surface area is 165 Å². The molecule has 3 heteroatoms. The highest BCUT2D eigenvalue weighted by molar-refractivity contribution is 6.30. The number of para-hydroxylation sites is 2. The number of benzene rings is 3. The van der Waals surface area contributed by atoms with Gasteiger partial charge in [-0.15, -0.1) is 0 Å². The van der Waals surface area contributed by atoms with E-state index in [1.54, 1.807) is 13.8 Å². The van der Waals surface area contributed by atoms with E-state index in [0.717, 1.165) is 33.8 Å². The second kappa shape index (κ2) is 6.12. The SMILES string of the molecule is CC(C)(O)c1cc(Cl)ccc1-c1cccc2c1Oc1ccccc1C2(C)C. The minimum Gasteiger partial charge on any atom is -0.456 e. The van der Waals surface area contributed by atoms with Gasteiger partial charge >= 0.3 is 0 Å². The summed E-state index contributed by atoms with van der Waals surface area (Å²) in [6.07, 6.45) is 0. The monoisotopic (exact) mass is 378 g/mol. The topological polar surface area (TPSA) is 29.5 Å². The van der Waals surface area contributed by atoms with Crippen LogP contribution in [0.2, 0.25) is 5.02 Å². The standard InChI is InChI=1S/C24H23ClO2/c1-23(2)18-9-5-6-11-21(18)27-22-17(8-7-10-19(22)23)16-13-12-15(25)14-20(16)24(3,4)26/h5-14,26H,1-4H3. The van der Waals surface area contributed by atoms with Gasteiger partial charge in [0.15, 0.2) is 0 Å². The van der Waals surface area contributed by atoms with Crippen LogP contribution in [0.1, 0.15) is 44.4 Å². The van der Waals surface area contributed by atoms with E-state index in [2.05, 4.69) is 32.0 Å². The number of halogens is 1. The van der Waals surface area contributed by atoms with E-state index < -0.39 is 5.60 Å². The molecule has 0 amide bonds. The predicted octanol–water partition coefficient (Wildman–Crippen LogP) is 6.67. The van der Waals surface area contributed by atoms with Gasteiger partial charge in [0.1, 0.15) is 11.5 Å². The fourth-order valence-corrected chi connectivity index (χ4v) is 4.11. The first-order valence-electron chi connectivity index (χ1n) is 9.13. The summed E-state index contributed by atoms with van der Waals surface area (Å²) in [5.74, 6) is 1.72. The van der Waals surface area contributed by atoms with Crippen LogP contribution >= 0.6 is 11.6 Å². The van der Waals surface area contributed by atoms with Gasteiger partial charge in [-0.2, -0.15) is 0 Å². The van der Waals surface area contributed by atoms with Crippen molar-refractivity contribution in [2.24, 2.45) is 0 Å². The van der Waals surface area contributed by atoms with Crippen LogP contribution in [0.3, 0.4) is 0 Å². The maximum Gasteiger partial charge on any atom is 0.139 e. The fourth-order valence-electron chi connectivity index (χ4n) is 3.94. The maximum absolute atomic E-state index is 10.7. The largest absolute Gasteiger partial charge is 0.456 e. The lowest BCUT2D eigenvalue weighted by Crippen LogP contribution is -2.24. The molecule has 1 aliphatic heterocycles. The minimum absolute atomic E-state index is 0.179. The molecule has 0 aliphatic carbocycles. The van der Waals surface area contributed by atoms with Gasteiger partial charge in [-0.1, -0.05) is 67.9 Å². The van der Waals surface area contributed by atoms with Gasteiger partial charge in [0.2, 0.25) is 0 Å². The molecule has 0 radical (unpaired) electrons. The fraction of sp³-hybridized carbons (Fsp3) is 0.250. The molecule has 3 aromatic rings. The van der Waals surface area contributed by atoms with Gasteiger partial charge in [0.25, 0.3) is 0 Å². The average Bonchev–Trinajstić information content (AvgIpc) is 2.61. The molecule has 3 aromatic carbocycles. The molecule has 0 fully saturated rings. The quantitative estimate of drug-likeness (QED) is 0.539. The summed E-state index contributed by atoms with van der Waals surface area (Å²) in [7, 11) is 0. The second-order valence-electron chi connectivity index (χ2n) is 8.15. The van der Waals surface area contributed by atoms with Gasteiger partial charge in [-0.3, -0.25) is 0 Å². The zero-order chi connectivity index (χ0) is 19.4. The van der Waals surface area contributed by atoms with Gasteiger partial charge in [0, 0.05) is 27.1 Å². The third-order valence-electron chi connectivity index (χ3n) is 5.39. The summed E-state index contributed by atoms with van der Waals surface area (Å²) in [5.41, 5.74) is 3.78. The van der Waals surface area contributed by atoms with Crippen LogP contribution in [0, 0.1) is 0 Å². The smallest absolute Gasteiger partial charge is 0.139 e. The predicted molar refractivity (Wildman–Crippen MR) is 111 cm³/mol. The summed E-state index contributed by atoms with van der Waals surface area (Å²) in [5, 5.41) is 11.3. The van der Waals surface area contributed by atoms with E-state index >= 15 is 0 Å². The number of hydrogen-bond donors (Lipinski definition) is 1. The van der Waals surface area contributed by atoms with Crippen molar-refractivity contribution in [1.82, 2.24) is 0 Å². The molecule has 0 saturated heterocycles. The molecule has 1 aliphatic rings. The molecule has 2 nitrogen and oxygen atoms in total. The highest BCUT2D eigenvalue weighted by atomic mass is 35.5. The lowest BCUT2D eigenvalue weighted by Gasteiger charge is -2.36. The zero-order valence-corrected chi connectivity index (χ0v) is 16.8. The maximum atomic E-state index is 10.7. The second-order valence-corrected chi connectivity index (χ2v) is 8.59. The van der Waals surface area contributed by atoms with E-state index in [-0.39, 0.29) is 5.41 Å². The normalized spacial score (nSPS) is 14.9. The molecular formula is C24H23ClO2. The summed E-state index contributed by atoms with van der Waals surface area (Å²) in [6, 6.07) is 20.0. The van der Waals surface area contributed by atoms with Crippen molar-refractivity contribution < 1.29 is 9.84 Å². The first-order chi connectivity index (χ1) is 12.7. The molecule has 0 saturated carbocycles. The van der Waals surface area contributed by atoms with Crippen LogP contribution < -0.4 is 4.74 Å². The number of aliphatic hydroxyl groups is 1. The summed E-state index contributed by atoms with van der Waals surface area (Å²) >= 11 is 6.22. The zero-order valence-electron chi connectivity index (χ0n) is 16.0.